The van der Waals surface area contributed by atoms with Gasteiger partial charge in [-0.15, -0.1) is 0 Å². The van der Waals surface area contributed by atoms with Crippen LogP contribution in [0.4, 0.5) is 4.79 Å². The Bertz CT molecular complexity index is 1290. The highest BCUT2D eigenvalue weighted by molar-refractivity contribution is 6.47. The Morgan fingerprint density at radius 1 is 1.02 bits per heavy atom. The predicted molar refractivity (Wildman–Crippen MR) is 167 cm³/mol. The molecule has 0 radical (unpaired) electrons. The number of amides is 2. The van der Waals surface area contributed by atoms with Gasteiger partial charge in [-0.1, -0.05) is 83.1 Å². The normalized spacial score (nSPS) is 26.2. The van der Waals surface area contributed by atoms with E-state index in [1.54, 1.807) is 0 Å². The monoisotopic (exact) mass is 590 g/mol. The zero-order valence-corrected chi connectivity index (χ0v) is 26.6. The maximum absolute atomic E-state index is 13.6. The van der Waals surface area contributed by atoms with Gasteiger partial charge in [0.1, 0.15) is 12.6 Å². The van der Waals surface area contributed by atoms with Gasteiger partial charge < -0.3 is 29.8 Å². The Morgan fingerprint density at radius 2 is 1.63 bits per heavy atom. The van der Waals surface area contributed by atoms with Crippen molar-refractivity contribution in [1.82, 2.24) is 10.6 Å². The molecule has 1 saturated heterocycles. The summed E-state index contributed by atoms with van der Waals surface area (Å²) in [6.45, 7) is 14.6. The number of aliphatic hydroxyl groups is 1. The minimum absolute atomic E-state index is 0.0568. The van der Waals surface area contributed by atoms with E-state index in [4.69, 9.17) is 14.0 Å². The van der Waals surface area contributed by atoms with E-state index in [0.717, 1.165) is 35.1 Å². The molecule has 43 heavy (non-hydrogen) atoms. The van der Waals surface area contributed by atoms with Crippen molar-refractivity contribution in [1.29, 1.82) is 0 Å². The molecule has 9 heteroatoms. The molecular formula is C34H47BN2O6. The quantitative estimate of drug-likeness (QED) is 0.335. The molecule has 3 aliphatic rings. The highest BCUT2D eigenvalue weighted by Gasteiger charge is 2.59. The molecule has 1 heterocycles. The van der Waals surface area contributed by atoms with Gasteiger partial charge in [-0.2, -0.15) is 0 Å². The number of nitrogens with one attached hydrogen (secondary N) is 2. The fraction of sp³-hybridized carbons (Fsp3) is 0.588. The van der Waals surface area contributed by atoms with Crippen LogP contribution in [0.1, 0.15) is 84.8 Å². The Morgan fingerprint density at radius 3 is 2.21 bits per heavy atom. The fourth-order valence-corrected chi connectivity index (χ4v) is 7.25. The zero-order chi connectivity index (χ0) is 31.1. The van der Waals surface area contributed by atoms with Gasteiger partial charge >= 0.3 is 13.2 Å². The molecule has 2 amide bonds. The second-order valence-corrected chi connectivity index (χ2v) is 14.0. The van der Waals surface area contributed by atoms with Crippen molar-refractivity contribution < 1.29 is 28.7 Å². The van der Waals surface area contributed by atoms with Gasteiger partial charge in [0.2, 0.25) is 5.91 Å². The van der Waals surface area contributed by atoms with E-state index in [9.17, 15) is 14.7 Å². The standard InChI is InChI=1S/C34H47BN2O6/c1-20(2)18-29(35-42-28-16-17-33(5,6)22(4)34(28,7)43-35)36-31(39)30(21(3)38)37-32(40)41-19-27-25-14-10-8-12-23(25)24-13-9-11-15-26(24)27/h8-15,20-22,27-30,38H,16-19H2,1-7H3,(H,36,39)(H,37,40)/t21-,22+,28-,29+,30+,34+/m1/s1. The van der Waals surface area contributed by atoms with Crippen LogP contribution in [-0.4, -0.2) is 60.6 Å². The lowest BCUT2D eigenvalue weighted by molar-refractivity contribution is -0.126. The number of hydrogen-bond acceptors (Lipinski definition) is 6. The fourth-order valence-electron chi connectivity index (χ4n) is 7.25. The van der Waals surface area contributed by atoms with E-state index in [0.29, 0.717) is 6.42 Å². The van der Waals surface area contributed by atoms with Gasteiger partial charge in [0, 0.05) is 5.92 Å². The number of aliphatic hydroxyl groups excluding tert-OH is 1. The third-order valence-electron chi connectivity index (χ3n) is 10.2. The highest BCUT2D eigenvalue weighted by atomic mass is 16.7. The summed E-state index contributed by atoms with van der Waals surface area (Å²) in [5.74, 6) is -0.548. The number of alkyl carbamates (subject to hydrolysis) is 1. The molecule has 2 aliphatic carbocycles. The first kappa shape index (κ1) is 31.5. The summed E-state index contributed by atoms with van der Waals surface area (Å²) < 4.78 is 18.7. The molecule has 0 spiro atoms. The molecule has 2 fully saturated rings. The predicted octanol–water partition coefficient (Wildman–Crippen LogP) is 5.46. The summed E-state index contributed by atoms with van der Waals surface area (Å²) in [5, 5.41) is 16.2. The third-order valence-corrected chi connectivity index (χ3v) is 10.2. The Balaban J connectivity index is 1.24. The number of hydrogen-bond donors (Lipinski definition) is 3. The topological polar surface area (TPSA) is 106 Å². The second kappa shape index (κ2) is 12.3. The molecule has 6 atom stereocenters. The molecule has 8 nitrogen and oxygen atoms in total. The minimum atomic E-state index is -1.21. The maximum Gasteiger partial charge on any atom is 0.481 e. The smallest absolute Gasteiger partial charge is 0.449 e. The van der Waals surface area contributed by atoms with Gasteiger partial charge in [-0.25, -0.2) is 4.79 Å². The SMILES string of the molecule is CC(C)C[C@H](NC(=O)[C@@H](NC(=O)OCC1c2ccccc2-c2ccccc21)[C@@H](C)O)B1O[C@@H]2CCC(C)(C)[C@H](C)[C@]2(C)O1. The van der Waals surface area contributed by atoms with Crippen molar-refractivity contribution in [3.8, 4) is 11.1 Å². The summed E-state index contributed by atoms with van der Waals surface area (Å²) >= 11 is 0. The number of ether oxygens (including phenoxy) is 1. The molecule has 2 aromatic carbocycles. The summed E-state index contributed by atoms with van der Waals surface area (Å²) in [4.78, 5) is 26.6. The lowest BCUT2D eigenvalue weighted by Crippen LogP contribution is -2.58. The first-order valence-electron chi connectivity index (χ1n) is 15.7. The molecule has 0 unspecified atom stereocenters. The van der Waals surface area contributed by atoms with E-state index in [1.807, 2.05) is 36.4 Å². The first-order chi connectivity index (χ1) is 20.3. The van der Waals surface area contributed by atoms with E-state index in [2.05, 4.69) is 64.3 Å². The second-order valence-electron chi connectivity index (χ2n) is 14.0. The lowest BCUT2D eigenvalue weighted by Gasteiger charge is -2.49. The molecule has 1 saturated carbocycles. The van der Waals surface area contributed by atoms with Crippen molar-refractivity contribution in [2.24, 2.45) is 17.3 Å². The maximum atomic E-state index is 13.6. The van der Waals surface area contributed by atoms with Crippen LogP contribution in [0.15, 0.2) is 48.5 Å². The van der Waals surface area contributed by atoms with E-state index in [1.165, 1.54) is 6.92 Å². The van der Waals surface area contributed by atoms with Crippen LogP contribution in [0.2, 0.25) is 0 Å². The molecule has 2 aromatic rings. The Labute approximate surface area is 256 Å². The molecule has 232 valence electrons. The summed E-state index contributed by atoms with van der Waals surface area (Å²) in [7, 11) is -0.623. The third kappa shape index (κ3) is 6.22. The van der Waals surface area contributed by atoms with Crippen molar-refractivity contribution >= 4 is 19.1 Å². The van der Waals surface area contributed by atoms with Crippen LogP contribution in [0.5, 0.6) is 0 Å². The van der Waals surface area contributed by atoms with Crippen LogP contribution in [0.25, 0.3) is 11.1 Å². The zero-order valence-electron chi connectivity index (χ0n) is 26.6. The minimum Gasteiger partial charge on any atom is -0.449 e. The average molecular weight is 591 g/mol. The summed E-state index contributed by atoms with van der Waals surface area (Å²) in [5.41, 5.74) is 4.11. The highest BCUT2D eigenvalue weighted by Crippen LogP contribution is 2.52. The number of fused-ring (bicyclic) bond motifs is 4. The van der Waals surface area contributed by atoms with E-state index >= 15 is 0 Å². The number of rotatable bonds is 9. The van der Waals surface area contributed by atoms with Crippen molar-refractivity contribution in [2.45, 2.75) is 103 Å². The van der Waals surface area contributed by atoms with Gasteiger partial charge in [-0.05, 0) is 72.6 Å². The summed E-state index contributed by atoms with van der Waals surface area (Å²) in [6, 6.07) is 15.0. The van der Waals surface area contributed by atoms with Crippen molar-refractivity contribution in [3.63, 3.8) is 0 Å². The van der Waals surface area contributed by atoms with Crippen LogP contribution in [-0.2, 0) is 18.8 Å². The van der Waals surface area contributed by atoms with Gasteiger partial charge in [0.05, 0.1) is 23.8 Å². The molecule has 3 N–H and O–H groups in total. The van der Waals surface area contributed by atoms with Gasteiger partial charge in [-0.3, -0.25) is 4.79 Å². The molecule has 5 rings (SSSR count). The number of carbonyl (C=O) groups is 2. The van der Waals surface area contributed by atoms with E-state index in [-0.39, 0.29) is 35.9 Å². The van der Waals surface area contributed by atoms with Crippen LogP contribution in [0.3, 0.4) is 0 Å². The average Bonchev–Trinajstić information content (AvgIpc) is 3.47. The van der Waals surface area contributed by atoms with Crippen molar-refractivity contribution in [2.75, 3.05) is 6.61 Å². The largest absolute Gasteiger partial charge is 0.481 e. The van der Waals surface area contributed by atoms with Gasteiger partial charge in [0.15, 0.2) is 0 Å². The number of benzene rings is 2. The van der Waals surface area contributed by atoms with Crippen molar-refractivity contribution in [3.05, 3.63) is 59.7 Å². The summed E-state index contributed by atoms with van der Waals surface area (Å²) in [6.07, 6.45) is 0.595. The molecule has 0 bridgehead atoms. The molecule has 1 aliphatic heterocycles. The van der Waals surface area contributed by atoms with Gasteiger partial charge in [0.25, 0.3) is 0 Å². The first-order valence-corrected chi connectivity index (χ1v) is 15.7. The number of carbonyl (C=O) groups excluding carboxylic acids is 2. The van der Waals surface area contributed by atoms with E-state index < -0.39 is 42.8 Å². The van der Waals surface area contributed by atoms with Crippen LogP contribution in [0, 0.1) is 17.3 Å². The molecule has 0 aromatic heterocycles. The van der Waals surface area contributed by atoms with Crippen LogP contribution < -0.4 is 10.6 Å². The Hall–Kier alpha value is -2.88. The lowest BCUT2D eigenvalue weighted by atomic mass is 9.61. The molecular weight excluding hydrogens is 543 g/mol. The van der Waals surface area contributed by atoms with Crippen LogP contribution >= 0.6 is 0 Å². The Kier molecular flexibility index (Phi) is 8.99.